The second-order valence-electron chi connectivity index (χ2n) is 4.87. The third-order valence-corrected chi connectivity index (χ3v) is 3.42. The number of rotatable bonds is 6. The number of primary amides is 1. The van der Waals surface area contributed by atoms with Crippen LogP contribution in [0.3, 0.4) is 0 Å². The molecule has 1 aromatic rings. The van der Waals surface area contributed by atoms with Gasteiger partial charge in [0.05, 0.1) is 0 Å². The number of aliphatic hydroxyl groups is 1. The zero-order valence-corrected chi connectivity index (χ0v) is 11.0. The molecule has 5 nitrogen and oxygen atoms in total. The fourth-order valence-corrected chi connectivity index (χ4v) is 2.37. The van der Waals surface area contributed by atoms with Crippen LogP contribution in [0.15, 0.2) is 24.3 Å². The lowest BCUT2D eigenvalue weighted by atomic mass is 10.1. The molecule has 2 rings (SSSR count). The van der Waals surface area contributed by atoms with Gasteiger partial charge in [0.25, 0.3) is 0 Å². The van der Waals surface area contributed by atoms with Gasteiger partial charge in [-0.25, -0.2) is 0 Å². The third kappa shape index (κ3) is 3.68. The van der Waals surface area contributed by atoms with Crippen LogP contribution in [0.25, 0.3) is 0 Å². The van der Waals surface area contributed by atoms with Crippen LogP contribution >= 0.6 is 0 Å². The number of nitrogens with one attached hydrogen (secondary N) is 1. The quantitative estimate of drug-likeness (QED) is 0.686. The van der Waals surface area contributed by atoms with Gasteiger partial charge in [-0.2, -0.15) is 0 Å². The van der Waals surface area contributed by atoms with Crippen LogP contribution < -0.4 is 16.0 Å². The van der Waals surface area contributed by atoms with E-state index in [0.29, 0.717) is 6.54 Å². The first-order valence-electron chi connectivity index (χ1n) is 6.69. The summed E-state index contributed by atoms with van der Waals surface area (Å²) in [5.41, 5.74) is 7.43. The van der Waals surface area contributed by atoms with Crippen LogP contribution in [0.1, 0.15) is 18.4 Å². The normalized spacial score (nSPS) is 16.6. The van der Waals surface area contributed by atoms with E-state index in [1.165, 1.54) is 24.1 Å². The molecule has 1 atom stereocenters. The number of nitrogens with two attached hydrogens (primary N) is 1. The molecule has 1 fully saturated rings. The molecular weight excluding hydrogens is 242 g/mol. The molecule has 4 N–H and O–H groups in total. The van der Waals surface area contributed by atoms with E-state index in [1.54, 1.807) is 0 Å². The van der Waals surface area contributed by atoms with Gasteiger partial charge in [0, 0.05) is 31.9 Å². The van der Waals surface area contributed by atoms with Crippen LogP contribution in [0.5, 0.6) is 0 Å². The van der Waals surface area contributed by atoms with Crippen molar-refractivity contribution in [2.24, 2.45) is 5.73 Å². The minimum atomic E-state index is -1.13. The average Bonchev–Trinajstić information content (AvgIpc) is 2.93. The molecule has 1 heterocycles. The SMILES string of the molecule is NC(=O)C(O)CNCc1ccccc1N1CCCC1. The van der Waals surface area contributed by atoms with Gasteiger partial charge >= 0.3 is 0 Å². The number of hydrogen-bond donors (Lipinski definition) is 3. The zero-order chi connectivity index (χ0) is 13.7. The number of carbonyl (C=O) groups excluding carboxylic acids is 1. The summed E-state index contributed by atoms with van der Waals surface area (Å²) in [6, 6.07) is 8.22. The van der Waals surface area contributed by atoms with Gasteiger partial charge in [-0.3, -0.25) is 4.79 Å². The van der Waals surface area contributed by atoms with Gasteiger partial charge in [0.15, 0.2) is 0 Å². The molecule has 1 aromatic carbocycles. The second kappa shape index (κ2) is 6.54. The molecule has 1 amide bonds. The minimum Gasteiger partial charge on any atom is -0.382 e. The van der Waals surface area contributed by atoms with E-state index in [1.807, 2.05) is 12.1 Å². The molecule has 0 bridgehead atoms. The van der Waals surface area contributed by atoms with Gasteiger partial charge in [-0.15, -0.1) is 0 Å². The molecular formula is C14H21N3O2. The fourth-order valence-electron chi connectivity index (χ4n) is 2.37. The summed E-state index contributed by atoms with van der Waals surface area (Å²) in [6.45, 7) is 3.00. The molecule has 0 aromatic heterocycles. The summed E-state index contributed by atoms with van der Waals surface area (Å²) in [5.74, 6) is -0.694. The van der Waals surface area contributed by atoms with Crippen LogP contribution in [-0.4, -0.2) is 36.8 Å². The number of benzene rings is 1. The van der Waals surface area contributed by atoms with Crippen molar-refractivity contribution in [3.8, 4) is 0 Å². The van der Waals surface area contributed by atoms with Crippen LogP contribution in [-0.2, 0) is 11.3 Å². The lowest BCUT2D eigenvalue weighted by Crippen LogP contribution is -2.37. The predicted octanol–water partition coefficient (Wildman–Crippen LogP) is 0.223. The number of carbonyl (C=O) groups is 1. The van der Waals surface area contributed by atoms with Crippen molar-refractivity contribution < 1.29 is 9.90 Å². The van der Waals surface area contributed by atoms with Gasteiger partial charge < -0.3 is 21.1 Å². The van der Waals surface area contributed by atoms with Crippen molar-refractivity contribution in [1.29, 1.82) is 0 Å². The summed E-state index contributed by atoms with van der Waals surface area (Å²) in [7, 11) is 0. The monoisotopic (exact) mass is 263 g/mol. The standard InChI is InChI=1S/C14H21N3O2/c15-14(19)13(18)10-16-9-11-5-1-2-6-12(11)17-7-3-4-8-17/h1-2,5-6,13,16,18H,3-4,7-10H2,(H2,15,19). The number of anilines is 1. The number of nitrogens with zero attached hydrogens (tertiary/aromatic N) is 1. The minimum absolute atomic E-state index is 0.184. The molecule has 1 saturated heterocycles. The average molecular weight is 263 g/mol. The summed E-state index contributed by atoms with van der Waals surface area (Å²) in [4.78, 5) is 13.1. The van der Waals surface area contributed by atoms with E-state index in [-0.39, 0.29) is 6.54 Å². The van der Waals surface area contributed by atoms with Gasteiger partial charge in [0.1, 0.15) is 6.10 Å². The highest BCUT2D eigenvalue weighted by Gasteiger charge is 2.15. The summed E-state index contributed by atoms with van der Waals surface area (Å²) >= 11 is 0. The van der Waals surface area contributed by atoms with E-state index in [2.05, 4.69) is 22.3 Å². The summed E-state index contributed by atoms with van der Waals surface area (Å²) in [6.07, 6.45) is 1.35. The van der Waals surface area contributed by atoms with Crippen LogP contribution in [0, 0.1) is 0 Å². The largest absolute Gasteiger partial charge is 0.382 e. The van der Waals surface area contributed by atoms with Crippen molar-refractivity contribution >= 4 is 11.6 Å². The van der Waals surface area contributed by atoms with Crippen molar-refractivity contribution in [3.63, 3.8) is 0 Å². The molecule has 0 spiro atoms. The fraction of sp³-hybridized carbons (Fsp3) is 0.500. The van der Waals surface area contributed by atoms with Gasteiger partial charge in [-0.1, -0.05) is 18.2 Å². The van der Waals surface area contributed by atoms with Crippen molar-refractivity contribution in [2.75, 3.05) is 24.5 Å². The van der Waals surface area contributed by atoms with Crippen molar-refractivity contribution in [2.45, 2.75) is 25.5 Å². The van der Waals surface area contributed by atoms with Gasteiger partial charge in [0.2, 0.25) is 5.91 Å². The summed E-state index contributed by atoms with van der Waals surface area (Å²) < 4.78 is 0. The predicted molar refractivity (Wildman–Crippen MR) is 74.8 cm³/mol. The third-order valence-electron chi connectivity index (χ3n) is 3.42. The van der Waals surface area contributed by atoms with E-state index < -0.39 is 12.0 Å². The molecule has 0 aliphatic carbocycles. The topological polar surface area (TPSA) is 78.6 Å². The molecule has 1 unspecified atom stereocenters. The molecule has 1 aliphatic heterocycles. The Hall–Kier alpha value is -1.59. The number of aliphatic hydroxyl groups excluding tert-OH is 1. The first kappa shape index (κ1) is 13.8. The lowest BCUT2D eigenvalue weighted by molar-refractivity contribution is -0.125. The van der Waals surface area contributed by atoms with Crippen molar-refractivity contribution in [1.82, 2.24) is 5.32 Å². The highest BCUT2D eigenvalue weighted by atomic mass is 16.3. The Morgan fingerprint density at radius 3 is 2.74 bits per heavy atom. The van der Waals surface area contributed by atoms with Crippen LogP contribution in [0.2, 0.25) is 0 Å². The molecule has 1 aliphatic rings. The van der Waals surface area contributed by atoms with E-state index in [9.17, 15) is 9.90 Å². The Morgan fingerprint density at radius 2 is 2.05 bits per heavy atom. The second-order valence-corrected chi connectivity index (χ2v) is 4.87. The zero-order valence-electron chi connectivity index (χ0n) is 11.0. The Balaban J connectivity index is 1.94. The maximum atomic E-state index is 10.7. The van der Waals surface area contributed by atoms with Crippen molar-refractivity contribution in [3.05, 3.63) is 29.8 Å². The molecule has 0 saturated carbocycles. The molecule has 19 heavy (non-hydrogen) atoms. The maximum Gasteiger partial charge on any atom is 0.247 e. The Kier molecular flexibility index (Phi) is 4.76. The van der Waals surface area contributed by atoms with Crippen LogP contribution in [0.4, 0.5) is 5.69 Å². The van der Waals surface area contributed by atoms with E-state index >= 15 is 0 Å². The van der Waals surface area contributed by atoms with E-state index in [4.69, 9.17) is 5.73 Å². The maximum absolute atomic E-state index is 10.7. The molecule has 5 heteroatoms. The number of hydrogen-bond acceptors (Lipinski definition) is 4. The smallest absolute Gasteiger partial charge is 0.247 e. The highest BCUT2D eigenvalue weighted by molar-refractivity contribution is 5.78. The Morgan fingerprint density at radius 1 is 1.37 bits per heavy atom. The Bertz CT molecular complexity index is 430. The number of para-hydroxylation sites is 1. The highest BCUT2D eigenvalue weighted by Crippen LogP contribution is 2.24. The molecule has 104 valence electrons. The Labute approximate surface area is 113 Å². The first-order chi connectivity index (χ1) is 9.18. The van der Waals surface area contributed by atoms with E-state index in [0.717, 1.165) is 13.1 Å². The first-order valence-corrected chi connectivity index (χ1v) is 6.69. The lowest BCUT2D eigenvalue weighted by Gasteiger charge is -2.21. The summed E-state index contributed by atoms with van der Waals surface area (Å²) in [5, 5.41) is 12.4. The molecule has 0 radical (unpaired) electrons. The van der Waals surface area contributed by atoms with Gasteiger partial charge in [-0.05, 0) is 24.5 Å². The number of amides is 1.